The van der Waals surface area contributed by atoms with Gasteiger partial charge < -0.3 is 10.2 Å². The summed E-state index contributed by atoms with van der Waals surface area (Å²) in [6.07, 6.45) is 3.36. The van der Waals surface area contributed by atoms with Crippen molar-refractivity contribution in [3.05, 3.63) is 22.4 Å². The Labute approximate surface area is 100 Å². The molecule has 0 spiro atoms. The lowest BCUT2D eigenvalue weighted by atomic mass is 10.1. The van der Waals surface area contributed by atoms with Crippen LogP contribution in [0, 0.1) is 0 Å². The summed E-state index contributed by atoms with van der Waals surface area (Å²) in [4.78, 5) is 15.1. The molecule has 1 unspecified atom stereocenters. The number of nitrogens with zero attached hydrogens (tertiary/aromatic N) is 1. The molecule has 1 fully saturated rings. The van der Waals surface area contributed by atoms with Gasteiger partial charge in [0.05, 0.1) is 4.88 Å². The molecule has 0 aromatic carbocycles. The maximum absolute atomic E-state index is 12.2. The lowest BCUT2D eigenvalue weighted by Gasteiger charge is -2.24. The molecule has 88 valence electrons. The molecule has 1 atom stereocenters. The molecule has 1 aromatic heterocycles. The SMILES string of the molecule is CNCCC1CCCN1C(=O)c1cccs1. The first-order valence-corrected chi connectivity index (χ1v) is 6.70. The van der Waals surface area contributed by atoms with Gasteiger partial charge >= 0.3 is 0 Å². The van der Waals surface area contributed by atoms with Gasteiger partial charge in [-0.05, 0) is 44.3 Å². The van der Waals surface area contributed by atoms with Crippen molar-refractivity contribution in [2.45, 2.75) is 25.3 Å². The molecule has 2 rings (SSSR count). The summed E-state index contributed by atoms with van der Waals surface area (Å²) < 4.78 is 0. The van der Waals surface area contributed by atoms with Crippen molar-refractivity contribution in [2.24, 2.45) is 0 Å². The van der Waals surface area contributed by atoms with Crippen molar-refractivity contribution in [3.63, 3.8) is 0 Å². The number of likely N-dealkylation sites (tertiary alicyclic amines) is 1. The van der Waals surface area contributed by atoms with Gasteiger partial charge in [-0.25, -0.2) is 0 Å². The summed E-state index contributed by atoms with van der Waals surface area (Å²) in [5.74, 6) is 0.216. The summed E-state index contributed by atoms with van der Waals surface area (Å²) >= 11 is 1.54. The molecule has 1 aromatic rings. The van der Waals surface area contributed by atoms with Gasteiger partial charge in [0.15, 0.2) is 0 Å². The summed E-state index contributed by atoms with van der Waals surface area (Å²) in [5.41, 5.74) is 0. The number of thiophene rings is 1. The Morgan fingerprint density at radius 2 is 2.56 bits per heavy atom. The molecule has 0 bridgehead atoms. The summed E-state index contributed by atoms with van der Waals surface area (Å²) in [5, 5.41) is 5.12. The molecule has 16 heavy (non-hydrogen) atoms. The van der Waals surface area contributed by atoms with Crippen LogP contribution < -0.4 is 5.32 Å². The second kappa shape index (κ2) is 5.46. The Kier molecular flexibility index (Phi) is 3.96. The van der Waals surface area contributed by atoms with Crippen molar-refractivity contribution in [2.75, 3.05) is 20.1 Å². The lowest BCUT2D eigenvalue weighted by Crippen LogP contribution is -2.36. The zero-order chi connectivity index (χ0) is 11.4. The van der Waals surface area contributed by atoms with E-state index in [0.29, 0.717) is 6.04 Å². The van der Waals surface area contributed by atoms with Crippen LogP contribution in [0.25, 0.3) is 0 Å². The molecule has 3 nitrogen and oxygen atoms in total. The summed E-state index contributed by atoms with van der Waals surface area (Å²) in [6.45, 7) is 1.91. The Bertz CT molecular complexity index is 337. The molecule has 2 heterocycles. The van der Waals surface area contributed by atoms with Crippen molar-refractivity contribution in [1.29, 1.82) is 0 Å². The fraction of sp³-hybridized carbons (Fsp3) is 0.583. The second-order valence-corrected chi connectivity index (χ2v) is 5.11. The highest BCUT2D eigenvalue weighted by Gasteiger charge is 2.29. The van der Waals surface area contributed by atoms with Crippen LogP contribution in [0.2, 0.25) is 0 Å². The van der Waals surface area contributed by atoms with Gasteiger partial charge in [-0.1, -0.05) is 6.07 Å². The van der Waals surface area contributed by atoms with Crippen molar-refractivity contribution in [1.82, 2.24) is 10.2 Å². The highest BCUT2D eigenvalue weighted by Crippen LogP contribution is 2.23. The predicted octanol–water partition coefficient (Wildman–Crippen LogP) is 1.96. The molecule has 0 saturated carbocycles. The minimum absolute atomic E-state index is 0.216. The second-order valence-electron chi connectivity index (χ2n) is 4.16. The minimum atomic E-state index is 0.216. The van der Waals surface area contributed by atoms with Gasteiger partial charge in [-0.2, -0.15) is 0 Å². The molecule has 0 radical (unpaired) electrons. The quantitative estimate of drug-likeness (QED) is 0.869. The summed E-state index contributed by atoms with van der Waals surface area (Å²) in [6, 6.07) is 4.29. The maximum Gasteiger partial charge on any atom is 0.264 e. The van der Waals surface area contributed by atoms with E-state index in [0.717, 1.165) is 37.2 Å². The van der Waals surface area contributed by atoms with Gasteiger partial charge in [-0.15, -0.1) is 11.3 Å². The van der Waals surface area contributed by atoms with Crippen molar-refractivity contribution in [3.8, 4) is 0 Å². The Morgan fingerprint density at radius 1 is 1.69 bits per heavy atom. The third kappa shape index (κ3) is 2.44. The predicted molar refractivity (Wildman–Crippen MR) is 66.9 cm³/mol. The van der Waals surface area contributed by atoms with Crippen molar-refractivity contribution < 1.29 is 4.79 Å². The highest BCUT2D eigenvalue weighted by molar-refractivity contribution is 7.12. The van der Waals surface area contributed by atoms with E-state index in [1.54, 1.807) is 0 Å². The third-order valence-electron chi connectivity index (χ3n) is 3.10. The third-order valence-corrected chi connectivity index (χ3v) is 3.96. The topological polar surface area (TPSA) is 32.3 Å². The molecular weight excluding hydrogens is 220 g/mol. The lowest BCUT2D eigenvalue weighted by molar-refractivity contribution is 0.0736. The van der Waals surface area contributed by atoms with Crippen LogP contribution in [-0.2, 0) is 0 Å². The highest BCUT2D eigenvalue weighted by atomic mass is 32.1. The molecule has 1 saturated heterocycles. The van der Waals surface area contributed by atoms with Crippen LogP contribution in [0.3, 0.4) is 0 Å². The van der Waals surface area contributed by atoms with Crippen LogP contribution >= 0.6 is 11.3 Å². The smallest absolute Gasteiger partial charge is 0.264 e. The van der Waals surface area contributed by atoms with Gasteiger partial charge in [0.25, 0.3) is 5.91 Å². The van der Waals surface area contributed by atoms with Crippen LogP contribution in [0.15, 0.2) is 17.5 Å². The molecule has 1 N–H and O–H groups in total. The molecule has 1 aliphatic rings. The van der Waals surface area contributed by atoms with Gasteiger partial charge in [-0.3, -0.25) is 4.79 Å². The number of hydrogen-bond acceptors (Lipinski definition) is 3. The van der Waals surface area contributed by atoms with E-state index in [4.69, 9.17) is 0 Å². The van der Waals surface area contributed by atoms with Crippen molar-refractivity contribution >= 4 is 17.2 Å². The van der Waals surface area contributed by atoms with Crippen LogP contribution in [0.1, 0.15) is 28.9 Å². The maximum atomic E-state index is 12.2. The standard InChI is InChI=1S/C12H18N2OS/c1-13-7-6-10-4-2-8-14(10)12(15)11-5-3-9-16-11/h3,5,9-10,13H,2,4,6-8H2,1H3. The van der Waals surface area contributed by atoms with E-state index >= 15 is 0 Å². The van der Waals surface area contributed by atoms with E-state index in [2.05, 4.69) is 5.32 Å². The molecule has 4 heteroatoms. The van der Waals surface area contributed by atoms with Crippen LogP contribution in [-0.4, -0.2) is 37.0 Å². The van der Waals surface area contributed by atoms with Crippen LogP contribution in [0.4, 0.5) is 0 Å². The fourth-order valence-electron chi connectivity index (χ4n) is 2.26. The number of carbonyl (C=O) groups excluding carboxylic acids is 1. The molecule has 1 aliphatic heterocycles. The Morgan fingerprint density at radius 3 is 3.25 bits per heavy atom. The first-order chi connectivity index (χ1) is 7.83. The van der Waals surface area contributed by atoms with Gasteiger partial charge in [0.1, 0.15) is 0 Å². The molecular formula is C12H18N2OS. The Balaban J connectivity index is 1.99. The van der Waals surface area contributed by atoms with Gasteiger partial charge in [0.2, 0.25) is 0 Å². The Hall–Kier alpha value is -0.870. The van der Waals surface area contributed by atoms with E-state index in [1.165, 1.54) is 11.3 Å². The number of hydrogen-bond donors (Lipinski definition) is 1. The number of nitrogens with one attached hydrogen (secondary N) is 1. The monoisotopic (exact) mass is 238 g/mol. The van der Waals surface area contributed by atoms with E-state index in [1.807, 2.05) is 29.5 Å². The number of carbonyl (C=O) groups is 1. The first kappa shape index (κ1) is 11.6. The molecule has 0 aliphatic carbocycles. The zero-order valence-electron chi connectivity index (χ0n) is 9.61. The molecule has 1 amide bonds. The normalized spacial score (nSPS) is 20.3. The fourth-order valence-corrected chi connectivity index (χ4v) is 2.93. The number of amides is 1. The largest absolute Gasteiger partial charge is 0.335 e. The van der Waals surface area contributed by atoms with Crippen LogP contribution in [0.5, 0.6) is 0 Å². The number of rotatable bonds is 4. The minimum Gasteiger partial charge on any atom is -0.335 e. The van der Waals surface area contributed by atoms with Gasteiger partial charge in [0, 0.05) is 12.6 Å². The zero-order valence-corrected chi connectivity index (χ0v) is 10.4. The van der Waals surface area contributed by atoms with E-state index < -0.39 is 0 Å². The average molecular weight is 238 g/mol. The average Bonchev–Trinajstić information content (AvgIpc) is 2.96. The first-order valence-electron chi connectivity index (χ1n) is 5.82. The van der Waals surface area contributed by atoms with E-state index in [9.17, 15) is 4.79 Å². The van der Waals surface area contributed by atoms with E-state index in [-0.39, 0.29) is 5.91 Å². The summed E-state index contributed by atoms with van der Waals surface area (Å²) in [7, 11) is 1.96.